The maximum absolute atomic E-state index is 13.5. The molecule has 34 heavy (non-hydrogen) atoms. The number of halogens is 1. The summed E-state index contributed by atoms with van der Waals surface area (Å²) in [7, 11) is -0.926. The lowest BCUT2D eigenvalue weighted by Gasteiger charge is -2.24. The number of ether oxygens (including phenoxy) is 1. The lowest BCUT2D eigenvalue weighted by molar-refractivity contribution is -0.114. The fourth-order valence-electron chi connectivity index (χ4n) is 3.34. The molecule has 0 spiro atoms. The molecule has 0 aliphatic rings. The highest BCUT2D eigenvalue weighted by molar-refractivity contribution is 7.92. The molecule has 0 saturated heterocycles. The van der Waals surface area contributed by atoms with E-state index in [2.05, 4.69) is 5.32 Å². The monoisotopic (exact) mass is 517 g/mol. The normalized spacial score (nSPS) is 11.4. The zero-order chi connectivity index (χ0) is 24.5. The van der Waals surface area contributed by atoms with Crippen molar-refractivity contribution in [1.82, 2.24) is 4.57 Å². The Balaban J connectivity index is 1.64. The minimum atomic E-state index is -4.08. The summed E-state index contributed by atoms with van der Waals surface area (Å²) in [6.07, 6.45) is 0. The zero-order valence-electron chi connectivity index (χ0n) is 18.2. The number of aryl methyl sites for hydroxylation is 1. The molecular formula is C23H20ClN3O5S2. The van der Waals surface area contributed by atoms with Crippen LogP contribution in [-0.2, 0) is 21.9 Å². The summed E-state index contributed by atoms with van der Waals surface area (Å²) >= 11 is 7.03. The van der Waals surface area contributed by atoms with Crippen molar-refractivity contribution in [1.29, 1.82) is 0 Å². The third-order valence-electron chi connectivity index (χ3n) is 5.13. The van der Waals surface area contributed by atoms with Gasteiger partial charge in [0.15, 0.2) is 0 Å². The maximum Gasteiger partial charge on any atom is 0.307 e. The van der Waals surface area contributed by atoms with Gasteiger partial charge < -0.3 is 14.6 Å². The Bertz CT molecular complexity index is 1510. The number of benzene rings is 3. The second-order valence-corrected chi connectivity index (χ2v) is 10.6. The number of methoxy groups -OCH3 is 1. The van der Waals surface area contributed by atoms with Crippen molar-refractivity contribution in [2.24, 2.45) is 7.05 Å². The van der Waals surface area contributed by atoms with Gasteiger partial charge in [-0.1, -0.05) is 22.9 Å². The fraction of sp³-hybridized carbons (Fsp3) is 0.130. The number of aromatic nitrogens is 1. The Hall–Kier alpha value is -3.34. The number of thiazole rings is 1. The van der Waals surface area contributed by atoms with Gasteiger partial charge in [-0.3, -0.25) is 13.9 Å². The van der Waals surface area contributed by atoms with Gasteiger partial charge >= 0.3 is 4.87 Å². The van der Waals surface area contributed by atoms with E-state index in [9.17, 15) is 18.0 Å². The Labute approximate surface area is 205 Å². The fourth-order valence-corrected chi connectivity index (χ4v) is 5.81. The lowest BCUT2D eigenvalue weighted by Crippen LogP contribution is -2.38. The van der Waals surface area contributed by atoms with Crippen LogP contribution in [-0.4, -0.2) is 32.5 Å². The van der Waals surface area contributed by atoms with Gasteiger partial charge in [0.25, 0.3) is 10.0 Å². The van der Waals surface area contributed by atoms with E-state index >= 15 is 0 Å². The Morgan fingerprint density at radius 3 is 2.41 bits per heavy atom. The van der Waals surface area contributed by atoms with Crippen LogP contribution < -0.4 is 19.2 Å². The molecule has 0 atom stereocenters. The molecule has 0 aliphatic heterocycles. The molecule has 4 aromatic rings. The van der Waals surface area contributed by atoms with Gasteiger partial charge in [-0.2, -0.15) is 0 Å². The van der Waals surface area contributed by atoms with Crippen molar-refractivity contribution >= 4 is 60.5 Å². The van der Waals surface area contributed by atoms with Gasteiger partial charge in [-0.15, -0.1) is 0 Å². The molecule has 4 rings (SSSR count). The SMILES string of the molecule is COc1ccc(S(=O)(=O)N(CC(=O)Nc2ccc3c(c2)sc(=O)n3C)c2ccc(Cl)cc2)cc1. The number of sulfonamides is 1. The van der Waals surface area contributed by atoms with E-state index < -0.39 is 22.5 Å². The summed E-state index contributed by atoms with van der Waals surface area (Å²) in [6, 6.07) is 17.2. The standard InChI is InChI=1S/C23H20ClN3O5S2/c1-26-20-12-5-16(13-21(20)33-23(26)29)25-22(28)14-27(17-6-3-15(24)4-7-17)34(30,31)19-10-8-18(32-2)9-11-19/h3-13H,14H2,1-2H3,(H,25,28). The minimum absolute atomic E-state index is 0.00605. The van der Waals surface area contributed by atoms with Gasteiger partial charge in [0.2, 0.25) is 5.91 Å². The van der Waals surface area contributed by atoms with Crippen LogP contribution >= 0.6 is 22.9 Å². The number of hydrogen-bond acceptors (Lipinski definition) is 6. The molecule has 0 bridgehead atoms. The van der Waals surface area contributed by atoms with Gasteiger partial charge in [0.1, 0.15) is 12.3 Å². The number of anilines is 2. The van der Waals surface area contributed by atoms with E-state index in [0.717, 1.165) is 21.2 Å². The molecule has 3 aromatic carbocycles. The van der Waals surface area contributed by atoms with Crippen LogP contribution in [0.15, 0.2) is 76.4 Å². The summed E-state index contributed by atoms with van der Waals surface area (Å²) in [5, 5.41) is 3.16. The number of fused-ring (bicyclic) bond motifs is 1. The Kier molecular flexibility index (Phi) is 6.65. The lowest BCUT2D eigenvalue weighted by atomic mass is 10.3. The number of rotatable bonds is 7. The van der Waals surface area contributed by atoms with Crippen LogP contribution in [0.5, 0.6) is 5.75 Å². The molecule has 0 aliphatic carbocycles. The first-order valence-electron chi connectivity index (χ1n) is 10.0. The number of nitrogens with zero attached hydrogens (tertiary/aromatic N) is 2. The van der Waals surface area contributed by atoms with Gasteiger partial charge in [-0.05, 0) is 66.7 Å². The molecule has 0 unspecified atom stereocenters. The average Bonchev–Trinajstić information content (AvgIpc) is 3.10. The number of nitrogens with one attached hydrogen (secondary N) is 1. The molecule has 0 radical (unpaired) electrons. The number of amides is 1. The molecule has 176 valence electrons. The van der Waals surface area contributed by atoms with E-state index in [1.165, 1.54) is 48.1 Å². The number of carbonyl (C=O) groups is 1. The van der Waals surface area contributed by atoms with Gasteiger partial charge in [0, 0.05) is 17.8 Å². The van der Waals surface area contributed by atoms with Crippen LogP contribution in [0.1, 0.15) is 0 Å². The van der Waals surface area contributed by atoms with Crippen molar-refractivity contribution in [3.8, 4) is 5.75 Å². The van der Waals surface area contributed by atoms with E-state index in [4.69, 9.17) is 16.3 Å². The summed E-state index contributed by atoms with van der Waals surface area (Å²) in [5.41, 5.74) is 1.49. The van der Waals surface area contributed by atoms with E-state index in [0.29, 0.717) is 21.2 Å². The van der Waals surface area contributed by atoms with Crippen molar-refractivity contribution < 1.29 is 17.9 Å². The van der Waals surface area contributed by atoms with Crippen LogP contribution in [0.2, 0.25) is 5.02 Å². The van der Waals surface area contributed by atoms with E-state index in [-0.39, 0.29) is 15.5 Å². The van der Waals surface area contributed by atoms with Crippen LogP contribution in [0.25, 0.3) is 10.2 Å². The largest absolute Gasteiger partial charge is 0.497 e. The average molecular weight is 518 g/mol. The second-order valence-electron chi connectivity index (χ2n) is 7.32. The first-order valence-corrected chi connectivity index (χ1v) is 12.6. The summed E-state index contributed by atoms with van der Waals surface area (Å²) in [6.45, 7) is -0.473. The van der Waals surface area contributed by atoms with Crippen molar-refractivity contribution in [3.63, 3.8) is 0 Å². The zero-order valence-corrected chi connectivity index (χ0v) is 20.6. The van der Waals surface area contributed by atoms with Crippen LogP contribution in [0.3, 0.4) is 0 Å². The van der Waals surface area contributed by atoms with E-state index in [1.54, 1.807) is 37.4 Å². The van der Waals surface area contributed by atoms with Crippen LogP contribution in [0, 0.1) is 0 Å². The Morgan fingerprint density at radius 2 is 1.76 bits per heavy atom. The van der Waals surface area contributed by atoms with Crippen molar-refractivity contribution in [3.05, 3.63) is 81.4 Å². The molecule has 1 amide bonds. The van der Waals surface area contributed by atoms with Crippen LogP contribution in [0.4, 0.5) is 11.4 Å². The molecular weight excluding hydrogens is 498 g/mol. The Morgan fingerprint density at radius 1 is 1.09 bits per heavy atom. The quantitative estimate of drug-likeness (QED) is 0.398. The molecule has 1 aromatic heterocycles. The molecule has 8 nitrogen and oxygen atoms in total. The highest BCUT2D eigenvalue weighted by Gasteiger charge is 2.27. The first-order chi connectivity index (χ1) is 16.2. The molecule has 1 heterocycles. The summed E-state index contributed by atoms with van der Waals surface area (Å²) in [5.74, 6) is -0.0389. The molecule has 1 N–H and O–H groups in total. The highest BCUT2D eigenvalue weighted by Crippen LogP contribution is 2.27. The molecule has 0 fully saturated rings. The second kappa shape index (κ2) is 9.49. The number of hydrogen-bond donors (Lipinski definition) is 1. The third-order valence-corrected chi connectivity index (χ3v) is 8.16. The smallest absolute Gasteiger partial charge is 0.307 e. The minimum Gasteiger partial charge on any atom is -0.497 e. The third kappa shape index (κ3) is 4.79. The highest BCUT2D eigenvalue weighted by atomic mass is 35.5. The maximum atomic E-state index is 13.5. The summed E-state index contributed by atoms with van der Waals surface area (Å²) < 4.78 is 35.3. The topological polar surface area (TPSA) is 97.7 Å². The van der Waals surface area contributed by atoms with Crippen molar-refractivity contribution in [2.75, 3.05) is 23.3 Å². The van der Waals surface area contributed by atoms with Gasteiger partial charge in [-0.25, -0.2) is 8.42 Å². The van der Waals surface area contributed by atoms with Gasteiger partial charge in [0.05, 0.1) is 27.9 Å². The van der Waals surface area contributed by atoms with Crippen molar-refractivity contribution in [2.45, 2.75) is 4.90 Å². The predicted molar refractivity (Wildman–Crippen MR) is 135 cm³/mol. The number of carbonyl (C=O) groups excluding carboxylic acids is 1. The first kappa shape index (κ1) is 23.8. The predicted octanol–water partition coefficient (Wildman–Crippen LogP) is 4.10. The molecule has 0 saturated carbocycles. The summed E-state index contributed by atoms with van der Waals surface area (Å²) in [4.78, 5) is 24.7. The molecule has 11 heteroatoms. The van der Waals surface area contributed by atoms with E-state index in [1.807, 2.05) is 0 Å².